The third kappa shape index (κ3) is 4.51. The van der Waals surface area contributed by atoms with Gasteiger partial charge >= 0.3 is 0 Å². The number of hydrogen-bond donors (Lipinski definition) is 2. The fraction of sp³-hybridized carbons (Fsp3) is 0.200. The van der Waals surface area contributed by atoms with Gasteiger partial charge < -0.3 is 14.5 Å². The summed E-state index contributed by atoms with van der Waals surface area (Å²) in [6.45, 7) is -1.09. The van der Waals surface area contributed by atoms with E-state index in [1.165, 1.54) is 12.3 Å². The summed E-state index contributed by atoms with van der Waals surface area (Å²) in [6, 6.07) is 2.16. The number of alkyl halides is 2. The van der Waals surface area contributed by atoms with Crippen molar-refractivity contribution in [2.75, 3.05) is 18.4 Å². The van der Waals surface area contributed by atoms with E-state index in [0.717, 1.165) is 7.11 Å². The molecule has 0 unspecified atom stereocenters. The molecule has 0 aliphatic heterocycles. The summed E-state index contributed by atoms with van der Waals surface area (Å²) in [5, 5.41) is 0.349. The first-order valence-corrected chi connectivity index (χ1v) is 10.3. The molecule has 14 heteroatoms. The molecule has 0 fully saturated rings. The number of methoxy groups -OCH3 is 1. The average Bonchev–Trinajstić information content (AvgIpc) is 3.04. The van der Waals surface area contributed by atoms with E-state index in [9.17, 15) is 21.6 Å². The number of fused-ring (bicyclic) bond motifs is 1. The van der Waals surface area contributed by atoms with Crippen LogP contribution in [0.15, 0.2) is 27.7 Å². The molecule has 0 amide bonds. The van der Waals surface area contributed by atoms with Gasteiger partial charge in [-0.05, 0) is 22.0 Å². The van der Waals surface area contributed by atoms with E-state index in [0.29, 0.717) is 10.5 Å². The SMILES string of the molecule is COc1nc(OCC(F)F)c(F)cc1NS(=O)(=O)c1c[nH]c2nc(Cl)c(Br)cc12. The highest BCUT2D eigenvalue weighted by Crippen LogP contribution is 2.33. The van der Waals surface area contributed by atoms with Crippen molar-refractivity contribution in [3.8, 4) is 11.8 Å². The Kier molecular flexibility index (Phi) is 6.10. The summed E-state index contributed by atoms with van der Waals surface area (Å²) < 4.78 is 76.2. The van der Waals surface area contributed by atoms with E-state index in [4.69, 9.17) is 16.3 Å². The van der Waals surface area contributed by atoms with Gasteiger partial charge in [0.2, 0.25) is 5.88 Å². The Labute approximate surface area is 175 Å². The Balaban J connectivity index is 1.98. The summed E-state index contributed by atoms with van der Waals surface area (Å²) in [5.41, 5.74) is -0.143. The normalized spacial score (nSPS) is 11.8. The van der Waals surface area contributed by atoms with Crippen LogP contribution < -0.4 is 14.2 Å². The molecule has 3 heterocycles. The molecule has 0 saturated heterocycles. The number of hydrogen-bond acceptors (Lipinski definition) is 6. The number of pyridine rings is 2. The highest BCUT2D eigenvalue weighted by Gasteiger charge is 2.24. The van der Waals surface area contributed by atoms with Gasteiger partial charge in [-0.25, -0.2) is 26.6 Å². The lowest BCUT2D eigenvalue weighted by Gasteiger charge is -2.13. The molecule has 29 heavy (non-hydrogen) atoms. The standard InChI is InChI=1S/C15H11BrClF3N4O4S/c1-27-15-9(3-8(18)14(23-15)28-5-11(19)20)24-29(25,26)10-4-21-13-6(10)2-7(16)12(17)22-13/h2-4,11,24H,5H2,1H3,(H,21,22). The molecule has 0 saturated carbocycles. The van der Waals surface area contributed by atoms with Crippen LogP contribution in [-0.2, 0) is 10.0 Å². The molecule has 0 radical (unpaired) electrons. The molecule has 8 nitrogen and oxygen atoms in total. The smallest absolute Gasteiger partial charge is 0.272 e. The van der Waals surface area contributed by atoms with Crippen LogP contribution in [0.5, 0.6) is 11.8 Å². The third-order valence-electron chi connectivity index (χ3n) is 3.52. The highest BCUT2D eigenvalue weighted by atomic mass is 79.9. The molecular formula is C15H11BrClF3N4O4S. The molecule has 0 aliphatic carbocycles. The second-order valence-corrected chi connectivity index (χ2v) is 8.31. The van der Waals surface area contributed by atoms with Crippen LogP contribution in [0.3, 0.4) is 0 Å². The average molecular weight is 516 g/mol. The van der Waals surface area contributed by atoms with Crippen molar-refractivity contribution >= 4 is 54.3 Å². The number of anilines is 1. The minimum absolute atomic E-state index is 0.128. The van der Waals surface area contributed by atoms with Crippen LogP contribution in [-0.4, -0.2) is 43.5 Å². The van der Waals surface area contributed by atoms with Crippen molar-refractivity contribution in [2.24, 2.45) is 0 Å². The van der Waals surface area contributed by atoms with Crippen LogP contribution in [0.2, 0.25) is 5.15 Å². The molecule has 0 atom stereocenters. The zero-order valence-electron chi connectivity index (χ0n) is 14.3. The zero-order chi connectivity index (χ0) is 21.3. The van der Waals surface area contributed by atoms with Gasteiger partial charge in [-0.2, -0.15) is 4.98 Å². The quantitative estimate of drug-likeness (QED) is 0.461. The fourth-order valence-electron chi connectivity index (χ4n) is 2.33. The summed E-state index contributed by atoms with van der Waals surface area (Å²) in [4.78, 5) is 10.1. The van der Waals surface area contributed by atoms with Gasteiger partial charge in [0.05, 0.1) is 11.6 Å². The van der Waals surface area contributed by atoms with Crippen LogP contribution >= 0.6 is 27.5 Å². The summed E-state index contributed by atoms with van der Waals surface area (Å²) in [7, 11) is -3.10. The minimum atomic E-state index is -4.25. The van der Waals surface area contributed by atoms with Gasteiger partial charge in [0.25, 0.3) is 22.3 Å². The van der Waals surface area contributed by atoms with Crippen molar-refractivity contribution in [3.63, 3.8) is 0 Å². The van der Waals surface area contributed by atoms with Gasteiger partial charge in [-0.15, -0.1) is 0 Å². The summed E-state index contributed by atoms with van der Waals surface area (Å²) in [5.74, 6) is -2.28. The molecule has 3 aromatic rings. The first-order valence-electron chi connectivity index (χ1n) is 7.63. The van der Waals surface area contributed by atoms with Crippen molar-refractivity contribution in [1.82, 2.24) is 15.0 Å². The number of aromatic amines is 1. The van der Waals surface area contributed by atoms with Crippen LogP contribution in [0.4, 0.5) is 18.9 Å². The fourth-order valence-corrected chi connectivity index (χ4v) is 3.99. The number of halogens is 5. The van der Waals surface area contributed by atoms with Crippen molar-refractivity contribution in [3.05, 3.63) is 33.8 Å². The molecular weight excluding hydrogens is 505 g/mol. The summed E-state index contributed by atoms with van der Waals surface area (Å²) >= 11 is 9.05. The maximum absolute atomic E-state index is 14.1. The Hall–Kier alpha value is -2.25. The second kappa shape index (κ2) is 8.24. The first kappa shape index (κ1) is 21.5. The molecule has 0 bridgehead atoms. The van der Waals surface area contributed by atoms with Gasteiger partial charge in [0.15, 0.2) is 12.4 Å². The van der Waals surface area contributed by atoms with Gasteiger partial charge in [-0.1, -0.05) is 11.6 Å². The van der Waals surface area contributed by atoms with Crippen LogP contribution in [0.25, 0.3) is 11.0 Å². The predicted molar refractivity (Wildman–Crippen MR) is 102 cm³/mol. The zero-order valence-corrected chi connectivity index (χ0v) is 17.5. The maximum atomic E-state index is 14.1. The molecule has 0 aromatic carbocycles. The van der Waals surface area contributed by atoms with E-state index >= 15 is 0 Å². The van der Waals surface area contributed by atoms with E-state index in [-0.39, 0.29) is 32.6 Å². The molecule has 3 aromatic heterocycles. The number of rotatable bonds is 7. The Morgan fingerprint density at radius 3 is 2.69 bits per heavy atom. The van der Waals surface area contributed by atoms with Crippen molar-refractivity contribution in [1.29, 1.82) is 0 Å². The number of nitrogens with one attached hydrogen (secondary N) is 2. The van der Waals surface area contributed by atoms with E-state index in [1.807, 2.05) is 0 Å². The lowest BCUT2D eigenvalue weighted by atomic mass is 10.3. The number of ether oxygens (including phenoxy) is 2. The molecule has 2 N–H and O–H groups in total. The molecule has 156 valence electrons. The maximum Gasteiger partial charge on any atom is 0.272 e. The van der Waals surface area contributed by atoms with E-state index in [1.54, 1.807) is 0 Å². The Bertz CT molecular complexity index is 1180. The van der Waals surface area contributed by atoms with Gasteiger partial charge in [-0.3, -0.25) is 4.72 Å². The number of aromatic nitrogens is 3. The van der Waals surface area contributed by atoms with Crippen molar-refractivity contribution < 1.29 is 31.1 Å². The molecule has 3 rings (SSSR count). The third-order valence-corrected chi connectivity index (χ3v) is 6.05. The van der Waals surface area contributed by atoms with Crippen LogP contribution in [0, 0.1) is 5.82 Å². The van der Waals surface area contributed by atoms with E-state index in [2.05, 4.69) is 40.3 Å². The largest absolute Gasteiger partial charge is 0.479 e. The Morgan fingerprint density at radius 1 is 1.31 bits per heavy atom. The first-order chi connectivity index (χ1) is 13.6. The lowest BCUT2D eigenvalue weighted by molar-refractivity contribution is 0.0770. The van der Waals surface area contributed by atoms with Gasteiger partial charge in [0, 0.05) is 17.6 Å². The number of sulfonamides is 1. The Morgan fingerprint density at radius 2 is 2.03 bits per heavy atom. The monoisotopic (exact) mass is 514 g/mol. The second-order valence-electron chi connectivity index (χ2n) is 5.45. The lowest BCUT2D eigenvalue weighted by Crippen LogP contribution is -2.15. The molecule has 0 aliphatic rings. The van der Waals surface area contributed by atoms with Crippen molar-refractivity contribution in [2.45, 2.75) is 11.3 Å². The summed E-state index contributed by atoms with van der Waals surface area (Å²) in [6.07, 6.45) is -1.66. The predicted octanol–water partition coefficient (Wildman–Crippen LogP) is 3.97. The number of H-pyrrole nitrogens is 1. The minimum Gasteiger partial charge on any atom is -0.479 e. The van der Waals surface area contributed by atoms with Gasteiger partial charge in [0.1, 0.15) is 21.4 Å². The topological polar surface area (TPSA) is 106 Å². The molecule has 0 spiro atoms. The number of nitrogens with zero attached hydrogens (tertiary/aromatic N) is 2. The highest BCUT2D eigenvalue weighted by molar-refractivity contribution is 9.10. The van der Waals surface area contributed by atoms with Crippen LogP contribution in [0.1, 0.15) is 0 Å². The van der Waals surface area contributed by atoms with E-state index < -0.39 is 34.8 Å².